The minimum Gasteiger partial charge on any atom is -0.494 e. The van der Waals surface area contributed by atoms with E-state index in [0.29, 0.717) is 12.8 Å². The molecule has 4 rings (SSSR count). The standard InChI is InChI=1S/C31H34F2N4O7S/c1-17(2)45(42,43)27-12-9-20(36(3)31(40)41)16-21(27)25-6-5-13-37(25)30(39)28(18-7-11-23(33)26(15-18)44-4)35-24-14-19(29(34)38)8-10-22(24)32/h7-12,14-17,25,28,35H,5-6,13H2,1-4H3,(H2,34,38)(H,40,41)/t25-,28+/m1/s1. The fourth-order valence-corrected chi connectivity index (χ4v) is 6.53. The molecule has 3 aromatic carbocycles. The van der Waals surface area contributed by atoms with Gasteiger partial charge in [0.15, 0.2) is 21.4 Å². The Hall–Kier alpha value is -4.72. The molecule has 1 fully saturated rings. The van der Waals surface area contributed by atoms with Crippen LogP contribution in [0.15, 0.2) is 59.5 Å². The van der Waals surface area contributed by atoms with Gasteiger partial charge in [-0.05, 0) is 86.3 Å². The zero-order valence-electron chi connectivity index (χ0n) is 25.1. The first-order valence-electron chi connectivity index (χ1n) is 14.0. The number of ether oxygens (including phenoxy) is 1. The van der Waals surface area contributed by atoms with Crippen LogP contribution < -0.4 is 20.7 Å². The van der Waals surface area contributed by atoms with E-state index in [-0.39, 0.29) is 45.3 Å². The number of nitrogens with zero attached hydrogens (tertiary/aromatic N) is 2. The van der Waals surface area contributed by atoms with Crippen molar-refractivity contribution < 1.29 is 41.4 Å². The number of carbonyl (C=O) groups excluding carboxylic acids is 2. The Kier molecular flexibility index (Phi) is 9.66. The summed E-state index contributed by atoms with van der Waals surface area (Å²) >= 11 is 0. The summed E-state index contributed by atoms with van der Waals surface area (Å²) < 4.78 is 61.4. The van der Waals surface area contributed by atoms with Crippen LogP contribution in [0.25, 0.3) is 0 Å². The predicted molar refractivity (Wildman–Crippen MR) is 163 cm³/mol. The maximum absolute atomic E-state index is 15.0. The Morgan fingerprint density at radius 1 is 1.07 bits per heavy atom. The number of anilines is 2. The molecule has 0 aromatic heterocycles. The van der Waals surface area contributed by atoms with Crippen molar-refractivity contribution >= 4 is 39.1 Å². The number of hydrogen-bond acceptors (Lipinski definition) is 7. The lowest BCUT2D eigenvalue weighted by Crippen LogP contribution is -2.38. The molecule has 0 unspecified atom stereocenters. The summed E-state index contributed by atoms with van der Waals surface area (Å²) in [5.41, 5.74) is 5.76. The fraction of sp³-hybridized carbons (Fsp3) is 0.323. The zero-order chi connectivity index (χ0) is 33.2. The average Bonchev–Trinajstić information content (AvgIpc) is 3.49. The van der Waals surface area contributed by atoms with Crippen molar-refractivity contribution in [2.45, 2.75) is 48.9 Å². The van der Waals surface area contributed by atoms with Gasteiger partial charge in [0, 0.05) is 24.8 Å². The third kappa shape index (κ3) is 6.70. The van der Waals surface area contributed by atoms with Crippen LogP contribution in [-0.4, -0.2) is 62.3 Å². The molecule has 1 heterocycles. The lowest BCUT2D eigenvalue weighted by Gasteiger charge is -2.32. The third-order valence-corrected chi connectivity index (χ3v) is 10.0. The topological polar surface area (TPSA) is 159 Å². The zero-order valence-corrected chi connectivity index (χ0v) is 25.9. The van der Waals surface area contributed by atoms with E-state index in [2.05, 4.69) is 5.32 Å². The number of hydrogen-bond donors (Lipinski definition) is 3. The number of likely N-dealkylation sites (tertiary alicyclic amines) is 1. The van der Waals surface area contributed by atoms with Gasteiger partial charge in [-0.1, -0.05) is 6.07 Å². The van der Waals surface area contributed by atoms with Crippen molar-refractivity contribution in [2.24, 2.45) is 5.73 Å². The van der Waals surface area contributed by atoms with E-state index in [1.165, 1.54) is 69.3 Å². The van der Waals surface area contributed by atoms with Crippen LogP contribution in [0.2, 0.25) is 0 Å². The van der Waals surface area contributed by atoms with E-state index in [0.717, 1.165) is 23.1 Å². The van der Waals surface area contributed by atoms with Gasteiger partial charge < -0.3 is 25.8 Å². The molecule has 3 amide bonds. The van der Waals surface area contributed by atoms with Crippen molar-refractivity contribution in [3.63, 3.8) is 0 Å². The van der Waals surface area contributed by atoms with Crippen LogP contribution in [0.3, 0.4) is 0 Å². The highest BCUT2D eigenvalue weighted by molar-refractivity contribution is 7.92. The van der Waals surface area contributed by atoms with Crippen LogP contribution >= 0.6 is 0 Å². The van der Waals surface area contributed by atoms with Crippen LogP contribution in [0.5, 0.6) is 5.75 Å². The summed E-state index contributed by atoms with van der Waals surface area (Å²) in [6.07, 6.45) is -0.450. The van der Waals surface area contributed by atoms with Gasteiger partial charge in [0.05, 0.1) is 29.0 Å². The van der Waals surface area contributed by atoms with Crippen molar-refractivity contribution in [1.82, 2.24) is 4.90 Å². The number of carbonyl (C=O) groups is 3. The molecule has 1 aliphatic heterocycles. The monoisotopic (exact) mass is 644 g/mol. The van der Waals surface area contributed by atoms with E-state index < -0.39 is 56.7 Å². The predicted octanol–water partition coefficient (Wildman–Crippen LogP) is 4.89. The second kappa shape index (κ2) is 13.1. The number of nitrogens with two attached hydrogens (primary N) is 1. The molecule has 0 radical (unpaired) electrons. The van der Waals surface area contributed by atoms with E-state index in [4.69, 9.17) is 10.5 Å². The molecule has 240 valence electrons. The molecular formula is C31H34F2N4O7S. The first-order valence-corrected chi connectivity index (χ1v) is 15.6. The second-order valence-electron chi connectivity index (χ2n) is 10.9. The molecule has 0 aliphatic carbocycles. The van der Waals surface area contributed by atoms with Crippen molar-refractivity contribution in [3.8, 4) is 5.75 Å². The minimum atomic E-state index is -3.88. The average molecular weight is 645 g/mol. The number of carboxylic acid groups (broad SMARTS) is 1. The number of primary amides is 1. The SMILES string of the molecule is COc1cc([C@H](Nc2cc(C(N)=O)ccc2F)C(=O)N2CCC[C@@H]2c2cc(N(C)C(=O)O)ccc2S(=O)(=O)C(C)C)ccc1F. The molecule has 3 aromatic rings. The molecule has 0 spiro atoms. The Morgan fingerprint density at radius 2 is 1.76 bits per heavy atom. The number of nitrogens with one attached hydrogen (secondary N) is 1. The third-order valence-electron chi connectivity index (χ3n) is 7.80. The maximum atomic E-state index is 15.0. The number of halogens is 2. The minimum absolute atomic E-state index is 0.0243. The highest BCUT2D eigenvalue weighted by Gasteiger charge is 2.38. The number of sulfone groups is 1. The van der Waals surface area contributed by atoms with Gasteiger partial charge in [-0.25, -0.2) is 22.0 Å². The number of methoxy groups -OCH3 is 1. The van der Waals surface area contributed by atoms with Crippen molar-refractivity contribution in [1.29, 1.82) is 0 Å². The molecule has 1 aliphatic rings. The summed E-state index contributed by atoms with van der Waals surface area (Å²) in [5, 5.41) is 11.6. The molecular weight excluding hydrogens is 610 g/mol. The van der Waals surface area contributed by atoms with E-state index >= 15 is 4.39 Å². The number of benzene rings is 3. The molecule has 14 heteroatoms. The normalized spacial score (nSPS) is 15.5. The summed E-state index contributed by atoms with van der Waals surface area (Å²) in [4.78, 5) is 40.3. The van der Waals surface area contributed by atoms with Crippen LogP contribution in [0, 0.1) is 11.6 Å². The van der Waals surface area contributed by atoms with Gasteiger partial charge in [-0.15, -0.1) is 0 Å². The van der Waals surface area contributed by atoms with E-state index in [9.17, 15) is 32.3 Å². The van der Waals surface area contributed by atoms with Gasteiger partial charge >= 0.3 is 6.09 Å². The molecule has 0 bridgehead atoms. The fourth-order valence-electron chi connectivity index (χ4n) is 5.24. The molecule has 11 nitrogen and oxygen atoms in total. The summed E-state index contributed by atoms with van der Waals surface area (Å²) in [6, 6.07) is 9.06. The highest BCUT2D eigenvalue weighted by atomic mass is 32.2. The lowest BCUT2D eigenvalue weighted by molar-refractivity contribution is -0.133. The first-order chi connectivity index (χ1) is 21.2. The molecule has 4 N–H and O–H groups in total. The van der Waals surface area contributed by atoms with Crippen LogP contribution in [0.4, 0.5) is 25.0 Å². The second-order valence-corrected chi connectivity index (χ2v) is 13.4. The van der Waals surface area contributed by atoms with E-state index in [1.807, 2.05) is 0 Å². The summed E-state index contributed by atoms with van der Waals surface area (Å²) in [5.74, 6) is -3.10. The maximum Gasteiger partial charge on any atom is 0.411 e. The molecule has 0 saturated carbocycles. The van der Waals surface area contributed by atoms with Crippen molar-refractivity contribution in [2.75, 3.05) is 30.9 Å². The lowest BCUT2D eigenvalue weighted by atomic mass is 10.00. The van der Waals surface area contributed by atoms with Gasteiger partial charge in [0.2, 0.25) is 11.8 Å². The van der Waals surface area contributed by atoms with E-state index in [1.54, 1.807) is 0 Å². The van der Waals surface area contributed by atoms with Gasteiger partial charge in [-0.2, -0.15) is 0 Å². The van der Waals surface area contributed by atoms with Gasteiger partial charge in [-0.3, -0.25) is 14.5 Å². The quantitative estimate of drug-likeness (QED) is 0.282. The Bertz CT molecular complexity index is 1750. The van der Waals surface area contributed by atoms with Crippen LogP contribution in [0.1, 0.15) is 60.3 Å². The largest absolute Gasteiger partial charge is 0.494 e. The first kappa shape index (κ1) is 33.2. The summed E-state index contributed by atoms with van der Waals surface area (Å²) in [7, 11) is -1.32. The number of rotatable bonds is 10. The molecule has 2 atom stereocenters. The van der Waals surface area contributed by atoms with Gasteiger partial charge in [0.25, 0.3) is 0 Å². The Morgan fingerprint density at radius 3 is 2.38 bits per heavy atom. The summed E-state index contributed by atoms with van der Waals surface area (Å²) in [6.45, 7) is 3.22. The van der Waals surface area contributed by atoms with Crippen molar-refractivity contribution in [3.05, 3.63) is 82.9 Å². The Labute approximate surface area is 259 Å². The molecule has 45 heavy (non-hydrogen) atoms. The smallest absolute Gasteiger partial charge is 0.411 e. The van der Waals surface area contributed by atoms with Gasteiger partial charge in [0.1, 0.15) is 11.9 Å². The number of amides is 3. The Balaban J connectivity index is 1.86. The highest BCUT2D eigenvalue weighted by Crippen LogP contribution is 2.41. The molecule has 1 saturated heterocycles. The van der Waals surface area contributed by atoms with Crippen LogP contribution in [-0.2, 0) is 14.6 Å².